The van der Waals surface area contributed by atoms with Crippen LogP contribution in [0.1, 0.15) is 17.0 Å². The van der Waals surface area contributed by atoms with Crippen molar-refractivity contribution < 1.29 is 8.42 Å². The van der Waals surface area contributed by atoms with Gasteiger partial charge in [0.25, 0.3) is 0 Å². The average Bonchev–Trinajstić information content (AvgIpc) is 2.90. The number of aromatic nitrogens is 2. The van der Waals surface area contributed by atoms with Crippen molar-refractivity contribution in [3.05, 3.63) is 53.6 Å². The Kier molecular flexibility index (Phi) is 4.48. The molecule has 0 atom stereocenters. The van der Waals surface area contributed by atoms with Gasteiger partial charge in [0.05, 0.1) is 12.3 Å². The number of imidazole rings is 1. The smallest absolute Gasteiger partial charge is 0.216 e. The molecule has 0 saturated carbocycles. The van der Waals surface area contributed by atoms with E-state index < -0.39 is 10.0 Å². The molecule has 1 heterocycles. The van der Waals surface area contributed by atoms with Crippen LogP contribution in [-0.4, -0.2) is 23.4 Å². The van der Waals surface area contributed by atoms with Crippen LogP contribution in [-0.2, 0) is 22.3 Å². The summed E-state index contributed by atoms with van der Waals surface area (Å²) >= 11 is 4.84. The van der Waals surface area contributed by atoms with Crippen LogP contribution in [0, 0.1) is 0 Å². The molecule has 0 aliphatic carbocycles. The maximum Gasteiger partial charge on any atom is 0.216 e. The fraction of sp³-hybridized carbons (Fsp3) is 0.167. The predicted octanol–water partition coefficient (Wildman–Crippen LogP) is 0.663. The van der Waals surface area contributed by atoms with Crippen molar-refractivity contribution in [3.8, 4) is 0 Å². The van der Waals surface area contributed by atoms with Crippen LogP contribution < -0.4 is 10.5 Å². The van der Waals surface area contributed by atoms with Crippen molar-refractivity contribution in [1.29, 1.82) is 0 Å². The molecule has 4 N–H and O–H groups in total. The van der Waals surface area contributed by atoms with Gasteiger partial charge in [-0.1, -0.05) is 36.5 Å². The Bertz CT molecular complexity index is 679. The summed E-state index contributed by atoms with van der Waals surface area (Å²) in [5.74, 6) is 0.461. The first-order valence-corrected chi connectivity index (χ1v) is 7.87. The Morgan fingerprint density at radius 1 is 1.35 bits per heavy atom. The Balaban J connectivity index is 1.98. The third-order valence-corrected chi connectivity index (χ3v) is 4.14. The maximum atomic E-state index is 11.9. The minimum absolute atomic E-state index is 0.106. The summed E-state index contributed by atoms with van der Waals surface area (Å²) in [5.41, 5.74) is 6.86. The number of H-pyrrole nitrogens is 1. The van der Waals surface area contributed by atoms with Crippen LogP contribution in [0.3, 0.4) is 0 Å². The second kappa shape index (κ2) is 6.12. The molecule has 1 aromatic heterocycles. The fourth-order valence-corrected chi connectivity index (χ4v) is 2.83. The average molecular weight is 310 g/mol. The van der Waals surface area contributed by atoms with Crippen molar-refractivity contribution in [2.75, 3.05) is 0 Å². The lowest BCUT2D eigenvalue weighted by Gasteiger charge is -2.06. The van der Waals surface area contributed by atoms with E-state index in [-0.39, 0.29) is 17.3 Å². The molecule has 6 nitrogen and oxygen atoms in total. The standard InChI is InChI=1S/C12H14N4O2S2/c13-12(19)10-3-1-9(2-4-10)8-20(17,18)16-7-11-14-5-6-15-11/h1-6,16H,7-8H2,(H2,13,19)(H,14,15). The molecule has 106 valence electrons. The highest BCUT2D eigenvalue weighted by Gasteiger charge is 2.12. The van der Waals surface area contributed by atoms with Gasteiger partial charge >= 0.3 is 0 Å². The lowest BCUT2D eigenvalue weighted by atomic mass is 10.1. The van der Waals surface area contributed by atoms with E-state index in [4.69, 9.17) is 18.0 Å². The predicted molar refractivity (Wildman–Crippen MR) is 80.4 cm³/mol. The molecule has 2 rings (SSSR count). The molecular formula is C12H14N4O2S2. The molecule has 0 bridgehead atoms. The van der Waals surface area contributed by atoms with Crippen molar-refractivity contribution in [1.82, 2.24) is 14.7 Å². The molecule has 0 fully saturated rings. The summed E-state index contributed by atoms with van der Waals surface area (Å²) in [4.78, 5) is 7.06. The number of hydrogen-bond acceptors (Lipinski definition) is 4. The molecule has 0 saturated heterocycles. The third-order valence-electron chi connectivity index (χ3n) is 2.61. The van der Waals surface area contributed by atoms with E-state index in [2.05, 4.69) is 14.7 Å². The Labute approximate surface area is 122 Å². The van der Waals surface area contributed by atoms with Crippen molar-refractivity contribution in [2.45, 2.75) is 12.3 Å². The number of nitrogens with zero attached hydrogens (tertiary/aromatic N) is 1. The van der Waals surface area contributed by atoms with Gasteiger partial charge in [0, 0.05) is 18.0 Å². The lowest BCUT2D eigenvalue weighted by Crippen LogP contribution is -2.25. The number of benzene rings is 1. The van der Waals surface area contributed by atoms with Crippen molar-refractivity contribution in [3.63, 3.8) is 0 Å². The Hall–Kier alpha value is -1.77. The molecule has 0 aliphatic rings. The second-order valence-electron chi connectivity index (χ2n) is 4.18. The first-order valence-electron chi connectivity index (χ1n) is 5.80. The van der Waals surface area contributed by atoms with Gasteiger partial charge in [-0.2, -0.15) is 0 Å². The molecule has 0 radical (unpaired) electrons. The highest BCUT2D eigenvalue weighted by Crippen LogP contribution is 2.08. The highest BCUT2D eigenvalue weighted by atomic mass is 32.2. The van der Waals surface area contributed by atoms with Gasteiger partial charge in [0.1, 0.15) is 10.8 Å². The third kappa shape index (κ3) is 4.12. The van der Waals surface area contributed by atoms with E-state index in [1.165, 1.54) is 0 Å². The molecule has 2 aromatic rings. The van der Waals surface area contributed by atoms with Gasteiger partial charge in [0.2, 0.25) is 10.0 Å². The zero-order valence-electron chi connectivity index (χ0n) is 10.5. The molecule has 0 spiro atoms. The minimum atomic E-state index is -3.42. The first kappa shape index (κ1) is 14.6. The van der Waals surface area contributed by atoms with Gasteiger partial charge in [-0.25, -0.2) is 18.1 Å². The Morgan fingerprint density at radius 3 is 2.60 bits per heavy atom. The van der Waals surface area contributed by atoms with Crippen LogP contribution in [0.15, 0.2) is 36.7 Å². The quantitative estimate of drug-likeness (QED) is 0.681. The SMILES string of the molecule is NC(=S)c1ccc(CS(=O)(=O)NCc2ncc[nH]2)cc1. The van der Waals surface area contributed by atoms with Gasteiger partial charge < -0.3 is 10.7 Å². The van der Waals surface area contributed by atoms with Crippen LogP contribution in [0.5, 0.6) is 0 Å². The number of aromatic amines is 1. The molecule has 0 unspecified atom stereocenters. The summed E-state index contributed by atoms with van der Waals surface area (Å²) in [5, 5.41) is 0. The van der Waals surface area contributed by atoms with Crippen LogP contribution in [0.2, 0.25) is 0 Å². The van der Waals surface area contributed by atoms with E-state index in [0.29, 0.717) is 17.0 Å². The molecule has 8 heteroatoms. The van der Waals surface area contributed by atoms with E-state index in [0.717, 1.165) is 0 Å². The van der Waals surface area contributed by atoms with E-state index in [9.17, 15) is 8.42 Å². The number of sulfonamides is 1. The van der Waals surface area contributed by atoms with Gasteiger partial charge in [-0.15, -0.1) is 0 Å². The lowest BCUT2D eigenvalue weighted by molar-refractivity contribution is 0.578. The van der Waals surface area contributed by atoms with Gasteiger partial charge in [-0.05, 0) is 5.56 Å². The van der Waals surface area contributed by atoms with Crippen molar-refractivity contribution in [2.24, 2.45) is 5.73 Å². The number of nitrogens with two attached hydrogens (primary N) is 1. The number of nitrogens with one attached hydrogen (secondary N) is 2. The maximum absolute atomic E-state index is 11.9. The number of hydrogen-bond donors (Lipinski definition) is 3. The summed E-state index contributed by atoms with van der Waals surface area (Å²) in [6.45, 7) is 0.139. The monoisotopic (exact) mass is 310 g/mol. The molecule has 1 aromatic carbocycles. The van der Waals surface area contributed by atoms with Gasteiger partial charge in [0.15, 0.2) is 0 Å². The zero-order valence-corrected chi connectivity index (χ0v) is 12.2. The first-order chi connectivity index (χ1) is 9.46. The molecule has 20 heavy (non-hydrogen) atoms. The summed E-state index contributed by atoms with van der Waals surface area (Å²) in [6, 6.07) is 6.81. The summed E-state index contributed by atoms with van der Waals surface area (Å²) in [7, 11) is -3.42. The zero-order chi connectivity index (χ0) is 14.6. The van der Waals surface area contributed by atoms with E-state index in [1.807, 2.05) is 0 Å². The Morgan fingerprint density at radius 2 is 2.05 bits per heavy atom. The molecular weight excluding hydrogens is 296 g/mol. The normalized spacial score (nSPS) is 11.4. The van der Waals surface area contributed by atoms with Crippen molar-refractivity contribution >= 4 is 27.2 Å². The number of rotatable bonds is 6. The largest absolute Gasteiger partial charge is 0.389 e. The fourth-order valence-electron chi connectivity index (χ4n) is 1.61. The number of thiocarbonyl (C=S) groups is 1. The molecule has 0 amide bonds. The molecule has 0 aliphatic heterocycles. The van der Waals surface area contributed by atoms with Crippen LogP contribution in [0.25, 0.3) is 0 Å². The topological polar surface area (TPSA) is 101 Å². The summed E-state index contributed by atoms with van der Waals surface area (Å²) < 4.78 is 26.3. The van der Waals surface area contributed by atoms with Gasteiger partial charge in [-0.3, -0.25) is 0 Å². The van der Waals surface area contributed by atoms with E-state index >= 15 is 0 Å². The second-order valence-corrected chi connectivity index (χ2v) is 6.42. The van der Waals surface area contributed by atoms with Crippen LogP contribution >= 0.6 is 12.2 Å². The summed E-state index contributed by atoms with van der Waals surface area (Å²) in [6.07, 6.45) is 3.20. The van der Waals surface area contributed by atoms with E-state index in [1.54, 1.807) is 36.7 Å². The highest BCUT2D eigenvalue weighted by molar-refractivity contribution is 7.88. The van der Waals surface area contributed by atoms with Crippen LogP contribution in [0.4, 0.5) is 0 Å². The minimum Gasteiger partial charge on any atom is -0.389 e.